The summed E-state index contributed by atoms with van der Waals surface area (Å²) in [5, 5.41) is 7.90. The second-order valence-electron chi connectivity index (χ2n) is 3.64. The molecule has 0 radical (unpaired) electrons. The van der Waals surface area contributed by atoms with Gasteiger partial charge in [0, 0.05) is 6.20 Å². The van der Waals surface area contributed by atoms with Crippen LogP contribution in [0.1, 0.15) is 26.5 Å². The molecule has 1 unspecified atom stereocenters. The van der Waals surface area contributed by atoms with Crippen molar-refractivity contribution in [1.29, 1.82) is 0 Å². The summed E-state index contributed by atoms with van der Waals surface area (Å²) in [6, 6.07) is 3.97. The molecule has 0 bridgehead atoms. The highest BCUT2D eigenvalue weighted by molar-refractivity contribution is 4.99. The molecule has 0 fully saturated rings. The fourth-order valence-electron chi connectivity index (χ4n) is 1.01. The molecule has 12 heavy (non-hydrogen) atoms. The summed E-state index contributed by atoms with van der Waals surface area (Å²) < 4.78 is 0. The van der Waals surface area contributed by atoms with Crippen LogP contribution in [0.3, 0.4) is 0 Å². The standard InChI is InChI=1S/C10H16N2/c1-8(2)9(3)7-10-5-4-6-11-12-10/h4-6,8-9H,7H2,1-3H3. The highest BCUT2D eigenvalue weighted by Crippen LogP contribution is 2.14. The quantitative estimate of drug-likeness (QED) is 0.685. The molecule has 2 nitrogen and oxygen atoms in total. The van der Waals surface area contributed by atoms with Crippen LogP contribution < -0.4 is 0 Å². The fraction of sp³-hybridized carbons (Fsp3) is 0.600. The van der Waals surface area contributed by atoms with E-state index in [0.29, 0.717) is 11.8 Å². The van der Waals surface area contributed by atoms with Gasteiger partial charge in [0.2, 0.25) is 0 Å². The molecule has 1 aromatic heterocycles. The normalized spacial score (nSPS) is 13.3. The Bertz CT molecular complexity index is 219. The van der Waals surface area contributed by atoms with Crippen LogP contribution in [-0.2, 0) is 6.42 Å². The fourth-order valence-corrected chi connectivity index (χ4v) is 1.01. The largest absolute Gasteiger partial charge is 0.159 e. The number of aromatic nitrogens is 2. The molecular weight excluding hydrogens is 148 g/mol. The van der Waals surface area contributed by atoms with E-state index in [1.807, 2.05) is 12.1 Å². The van der Waals surface area contributed by atoms with Crippen LogP contribution in [0.4, 0.5) is 0 Å². The molecule has 0 aliphatic carbocycles. The molecule has 0 saturated heterocycles. The number of nitrogens with zero attached hydrogens (tertiary/aromatic N) is 2. The molecule has 1 aromatic rings. The zero-order valence-electron chi connectivity index (χ0n) is 7.99. The van der Waals surface area contributed by atoms with Gasteiger partial charge in [-0.25, -0.2) is 0 Å². The highest BCUT2D eigenvalue weighted by atomic mass is 15.1. The topological polar surface area (TPSA) is 25.8 Å². The maximum absolute atomic E-state index is 4.05. The van der Waals surface area contributed by atoms with Gasteiger partial charge in [-0.2, -0.15) is 10.2 Å². The van der Waals surface area contributed by atoms with Crippen molar-refractivity contribution in [2.24, 2.45) is 11.8 Å². The molecule has 0 saturated carbocycles. The van der Waals surface area contributed by atoms with Crippen LogP contribution in [0.5, 0.6) is 0 Å². The maximum atomic E-state index is 4.05. The minimum atomic E-state index is 0.682. The van der Waals surface area contributed by atoms with Gasteiger partial charge in [0.15, 0.2) is 0 Å². The summed E-state index contributed by atoms with van der Waals surface area (Å²) in [6.45, 7) is 6.72. The zero-order valence-corrected chi connectivity index (χ0v) is 7.99. The zero-order chi connectivity index (χ0) is 8.97. The van der Waals surface area contributed by atoms with E-state index in [-0.39, 0.29) is 0 Å². The van der Waals surface area contributed by atoms with E-state index in [9.17, 15) is 0 Å². The average Bonchev–Trinajstić information content (AvgIpc) is 2.06. The number of rotatable bonds is 3. The Kier molecular flexibility index (Phi) is 3.20. The molecule has 0 spiro atoms. The van der Waals surface area contributed by atoms with Gasteiger partial charge in [-0.05, 0) is 30.4 Å². The Balaban J connectivity index is 2.53. The second kappa shape index (κ2) is 4.19. The maximum Gasteiger partial charge on any atom is 0.0633 e. The van der Waals surface area contributed by atoms with Gasteiger partial charge in [-0.15, -0.1) is 0 Å². The Morgan fingerprint density at radius 2 is 2.08 bits per heavy atom. The molecule has 0 aliphatic rings. The first kappa shape index (κ1) is 9.17. The van der Waals surface area contributed by atoms with Crippen molar-refractivity contribution in [3.05, 3.63) is 24.0 Å². The van der Waals surface area contributed by atoms with Gasteiger partial charge in [0.25, 0.3) is 0 Å². The van der Waals surface area contributed by atoms with Gasteiger partial charge >= 0.3 is 0 Å². The molecule has 0 aromatic carbocycles. The average molecular weight is 164 g/mol. The Morgan fingerprint density at radius 1 is 1.33 bits per heavy atom. The molecule has 0 aliphatic heterocycles. The van der Waals surface area contributed by atoms with E-state index in [1.165, 1.54) is 0 Å². The first-order chi connectivity index (χ1) is 5.70. The summed E-state index contributed by atoms with van der Waals surface area (Å²) >= 11 is 0. The van der Waals surface area contributed by atoms with Gasteiger partial charge in [-0.1, -0.05) is 20.8 Å². The third-order valence-electron chi connectivity index (χ3n) is 2.30. The molecule has 2 heteroatoms. The third kappa shape index (κ3) is 2.61. The lowest BCUT2D eigenvalue weighted by Gasteiger charge is -2.13. The minimum Gasteiger partial charge on any atom is -0.159 e. The summed E-state index contributed by atoms with van der Waals surface area (Å²) in [4.78, 5) is 0. The summed E-state index contributed by atoms with van der Waals surface area (Å²) in [6.07, 6.45) is 2.75. The molecule has 1 atom stereocenters. The lowest BCUT2D eigenvalue weighted by atomic mass is 9.93. The van der Waals surface area contributed by atoms with E-state index in [2.05, 4.69) is 31.0 Å². The Morgan fingerprint density at radius 3 is 2.58 bits per heavy atom. The van der Waals surface area contributed by atoms with Crippen molar-refractivity contribution >= 4 is 0 Å². The summed E-state index contributed by atoms with van der Waals surface area (Å²) in [7, 11) is 0. The smallest absolute Gasteiger partial charge is 0.0633 e. The van der Waals surface area contributed by atoms with Crippen LogP contribution in [0.2, 0.25) is 0 Å². The molecule has 1 heterocycles. The van der Waals surface area contributed by atoms with Crippen molar-refractivity contribution in [2.75, 3.05) is 0 Å². The van der Waals surface area contributed by atoms with Crippen LogP contribution in [-0.4, -0.2) is 10.2 Å². The van der Waals surface area contributed by atoms with Crippen molar-refractivity contribution in [2.45, 2.75) is 27.2 Å². The van der Waals surface area contributed by atoms with E-state index in [0.717, 1.165) is 12.1 Å². The Labute approximate surface area is 74.0 Å². The van der Waals surface area contributed by atoms with Crippen molar-refractivity contribution in [3.63, 3.8) is 0 Å². The predicted molar refractivity (Wildman–Crippen MR) is 49.7 cm³/mol. The number of hydrogen-bond donors (Lipinski definition) is 0. The minimum absolute atomic E-state index is 0.682. The monoisotopic (exact) mass is 164 g/mol. The lowest BCUT2D eigenvalue weighted by molar-refractivity contribution is 0.412. The molecule has 0 amide bonds. The van der Waals surface area contributed by atoms with Crippen molar-refractivity contribution in [1.82, 2.24) is 10.2 Å². The first-order valence-electron chi connectivity index (χ1n) is 4.46. The van der Waals surface area contributed by atoms with Gasteiger partial charge in [-0.3, -0.25) is 0 Å². The van der Waals surface area contributed by atoms with E-state index in [1.54, 1.807) is 6.20 Å². The molecular formula is C10H16N2. The molecule has 66 valence electrons. The summed E-state index contributed by atoms with van der Waals surface area (Å²) in [5.41, 5.74) is 1.10. The van der Waals surface area contributed by atoms with Gasteiger partial charge in [0.05, 0.1) is 5.69 Å². The van der Waals surface area contributed by atoms with E-state index in [4.69, 9.17) is 0 Å². The predicted octanol–water partition coefficient (Wildman–Crippen LogP) is 2.31. The van der Waals surface area contributed by atoms with Crippen LogP contribution >= 0.6 is 0 Å². The number of hydrogen-bond acceptors (Lipinski definition) is 2. The summed E-state index contributed by atoms with van der Waals surface area (Å²) in [5.74, 6) is 1.40. The van der Waals surface area contributed by atoms with Gasteiger partial charge in [0.1, 0.15) is 0 Å². The van der Waals surface area contributed by atoms with E-state index < -0.39 is 0 Å². The van der Waals surface area contributed by atoms with Gasteiger partial charge < -0.3 is 0 Å². The highest BCUT2D eigenvalue weighted by Gasteiger charge is 2.08. The van der Waals surface area contributed by atoms with Crippen LogP contribution in [0.15, 0.2) is 18.3 Å². The van der Waals surface area contributed by atoms with Crippen LogP contribution in [0.25, 0.3) is 0 Å². The molecule has 0 N–H and O–H groups in total. The van der Waals surface area contributed by atoms with Crippen molar-refractivity contribution in [3.8, 4) is 0 Å². The van der Waals surface area contributed by atoms with Crippen LogP contribution in [0, 0.1) is 11.8 Å². The van der Waals surface area contributed by atoms with Crippen molar-refractivity contribution < 1.29 is 0 Å². The third-order valence-corrected chi connectivity index (χ3v) is 2.30. The molecule has 1 rings (SSSR count). The van der Waals surface area contributed by atoms with E-state index >= 15 is 0 Å². The lowest BCUT2D eigenvalue weighted by Crippen LogP contribution is -2.08. The SMILES string of the molecule is CC(C)C(C)Cc1cccnn1. The first-order valence-corrected chi connectivity index (χ1v) is 4.46. The second-order valence-corrected chi connectivity index (χ2v) is 3.64. The Hall–Kier alpha value is -0.920.